The van der Waals surface area contributed by atoms with Crippen molar-refractivity contribution in [1.29, 1.82) is 0 Å². The van der Waals surface area contributed by atoms with E-state index in [0.29, 0.717) is 11.1 Å². The van der Waals surface area contributed by atoms with Crippen molar-refractivity contribution in [2.24, 2.45) is 16.5 Å². The van der Waals surface area contributed by atoms with Gasteiger partial charge < -0.3 is 11.5 Å². The van der Waals surface area contributed by atoms with Crippen LogP contribution >= 0.6 is 0 Å². The van der Waals surface area contributed by atoms with Gasteiger partial charge in [-0.15, -0.1) is 0 Å². The largest absolute Gasteiger partial charge is 0.370 e. The summed E-state index contributed by atoms with van der Waals surface area (Å²) in [7, 11) is -3.61. The van der Waals surface area contributed by atoms with Crippen LogP contribution in [-0.2, 0) is 9.84 Å². The van der Waals surface area contributed by atoms with Crippen LogP contribution in [0.3, 0.4) is 0 Å². The number of amides is 1. The first kappa shape index (κ1) is 15.0. The molecule has 0 fully saturated rings. The van der Waals surface area contributed by atoms with E-state index < -0.39 is 15.7 Å². The molecule has 0 bridgehead atoms. The van der Waals surface area contributed by atoms with Crippen molar-refractivity contribution in [3.63, 3.8) is 0 Å². The third kappa shape index (κ3) is 2.74. The predicted molar refractivity (Wildman–Crippen MR) is 87.3 cm³/mol. The number of fused-ring (bicyclic) bond motifs is 1. The highest BCUT2D eigenvalue weighted by molar-refractivity contribution is 7.95. The quantitative estimate of drug-likeness (QED) is 0.636. The number of rotatable bonds is 2. The Morgan fingerprint density at radius 3 is 2.35 bits per heavy atom. The van der Waals surface area contributed by atoms with Crippen LogP contribution in [-0.4, -0.2) is 20.3 Å². The Hall–Kier alpha value is -2.93. The molecule has 0 saturated heterocycles. The number of benzene rings is 2. The first-order chi connectivity index (χ1) is 10.9. The van der Waals surface area contributed by atoms with Crippen molar-refractivity contribution >= 4 is 27.3 Å². The molecule has 3 rings (SSSR count). The molecule has 0 atom stereocenters. The van der Waals surface area contributed by atoms with E-state index in [2.05, 4.69) is 4.99 Å². The lowest BCUT2D eigenvalue weighted by Crippen LogP contribution is -2.24. The second kappa shape index (κ2) is 5.36. The van der Waals surface area contributed by atoms with Crippen LogP contribution in [0.15, 0.2) is 63.8 Å². The lowest BCUT2D eigenvalue weighted by atomic mass is 9.98. The molecule has 1 amide bonds. The zero-order valence-electron chi connectivity index (χ0n) is 11.9. The summed E-state index contributed by atoms with van der Waals surface area (Å²) in [6, 6.07) is 13.6. The molecule has 116 valence electrons. The predicted octanol–water partition coefficient (Wildman–Crippen LogP) is 1.28. The fourth-order valence-electron chi connectivity index (χ4n) is 2.42. The van der Waals surface area contributed by atoms with Crippen LogP contribution in [0.4, 0.5) is 0 Å². The summed E-state index contributed by atoms with van der Waals surface area (Å²) in [6.07, 6.45) is 0. The minimum absolute atomic E-state index is 0.0768. The Morgan fingerprint density at radius 1 is 1.00 bits per heavy atom. The molecule has 23 heavy (non-hydrogen) atoms. The zero-order valence-corrected chi connectivity index (χ0v) is 12.7. The molecule has 6 nitrogen and oxygen atoms in total. The number of hydrogen-bond donors (Lipinski definition) is 2. The maximum absolute atomic E-state index is 12.4. The Balaban J connectivity index is 2.13. The topological polar surface area (TPSA) is 116 Å². The summed E-state index contributed by atoms with van der Waals surface area (Å²) in [5.74, 6) is -1.06. The fourth-order valence-corrected chi connectivity index (χ4v) is 3.89. The summed E-state index contributed by atoms with van der Waals surface area (Å²) < 4.78 is 24.7. The van der Waals surface area contributed by atoms with Gasteiger partial charge in [-0.1, -0.05) is 36.4 Å². The minimum atomic E-state index is -3.61. The molecule has 7 heteroatoms. The number of guanidine groups is 1. The van der Waals surface area contributed by atoms with E-state index in [4.69, 9.17) is 11.5 Å². The maximum atomic E-state index is 12.4. The zero-order chi connectivity index (χ0) is 16.6. The van der Waals surface area contributed by atoms with Crippen LogP contribution in [0.25, 0.3) is 5.57 Å². The third-order valence-electron chi connectivity index (χ3n) is 3.41. The number of hydrogen-bond acceptors (Lipinski definition) is 3. The van der Waals surface area contributed by atoms with Gasteiger partial charge in [-0.25, -0.2) is 8.42 Å². The van der Waals surface area contributed by atoms with Crippen LogP contribution in [0.5, 0.6) is 0 Å². The molecule has 0 radical (unpaired) electrons. The van der Waals surface area contributed by atoms with Crippen LogP contribution in [0, 0.1) is 0 Å². The molecule has 2 aromatic rings. The average Bonchev–Trinajstić information content (AvgIpc) is 2.79. The lowest BCUT2D eigenvalue weighted by molar-refractivity contribution is 0.100. The van der Waals surface area contributed by atoms with Gasteiger partial charge in [-0.2, -0.15) is 4.99 Å². The molecule has 0 aliphatic carbocycles. The van der Waals surface area contributed by atoms with E-state index >= 15 is 0 Å². The van der Waals surface area contributed by atoms with Gasteiger partial charge in [0, 0.05) is 22.1 Å². The van der Waals surface area contributed by atoms with Crippen LogP contribution in [0.1, 0.15) is 21.5 Å². The summed E-state index contributed by atoms with van der Waals surface area (Å²) in [4.78, 5) is 15.4. The van der Waals surface area contributed by atoms with Crippen molar-refractivity contribution in [3.05, 3.63) is 70.6 Å². The standard InChI is InChI=1S/C16H13N3O3S/c17-16(18)19-15(20)11-6-7-12-13(10-4-2-1-3-5-10)9-23(21,22)14(12)8-11/h1-9H,(H4,17,18,19,20). The summed E-state index contributed by atoms with van der Waals surface area (Å²) in [6.45, 7) is 0. The molecule has 1 aliphatic heterocycles. The Kier molecular flexibility index (Phi) is 3.49. The van der Waals surface area contributed by atoms with Crippen molar-refractivity contribution in [3.8, 4) is 0 Å². The van der Waals surface area contributed by atoms with E-state index in [1.807, 2.05) is 30.3 Å². The van der Waals surface area contributed by atoms with E-state index in [9.17, 15) is 13.2 Å². The van der Waals surface area contributed by atoms with Gasteiger partial charge in [0.25, 0.3) is 5.91 Å². The second-order valence-corrected chi connectivity index (χ2v) is 6.76. The van der Waals surface area contributed by atoms with E-state index in [0.717, 1.165) is 5.56 Å². The van der Waals surface area contributed by atoms with Gasteiger partial charge in [0.2, 0.25) is 9.84 Å². The van der Waals surface area contributed by atoms with E-state index in [1.54, 1.807) is 6.07 Å². The third-order valence-corrected chi connectivity index (χ3v) is 4.91. The first-order valence-electron chi connectivity index (χ1n) is 6.69. The van der Waals surface area contributed by atoms with Gasteiger partial charge in [-0.3, -0.25) is 4.79 Å². The van der Waals surface area contributed by atoms with Crippen molar-refractivity contribution < 1.29 is 13.2 Å². The lowest BCUT2D eigenvalue weighted by Gasteiger charge is -2.06. The molecule has 0 unspecified atom stereocenters. The van der Waals surface area contributed by atoms with Gasteiger partial charge in [0.1, 0.15) is 0 Å². The normalized spacial score (nSPS) is 14.7. The fraction of sp³-hybridized carbons (Fsp3) is 0. The highest BCUT2D eigenvalue weighted by Gasteiger charge is 2.28. The summed E-state index contributed by atoms with van der Waals surface area (Å²) in [5, 5.41) is 1.21. The molecule has 2 aromatic carbocycles. The average molecular weight is 327 g/mol. The maximum Gasteiger partial charge on any atom is 0.280 e. The van der Waals surface area contributed by atoms with Gasteiger partial charge in [0.15, 0.2) is 5.96 Å². The molecule has 1 aliphatic rings. The number of sulfone groups is 1. The highest BCUT2D eigenvalue weighted by Crippen LogP contribution is 2.37. The Labute approximate surface area is 133 Å². The van der Waals surface area contributed by atoms with Gasteiger partial charge >= 0.3 is 0 Å². The van der Waals surface area contributed by atoms with Gasteiger partial charge in [-0.05, 0) is 17.7 Å². The molecular formula is C16H13N3O3S. The second-order valence-electron chi connectivity index (χ2n) is 5.00. The smallest absolute Gasteiger partial charge is 0.280 e. The van der Waals surface area contributed by atoms with Crippen molar-refractivity contribution in [1.82, 2.24) is 0 Å². The van der Waals surface area contributed by atoms with Crippen LogP contribution in [0.2, 0.25) is 0 Å². The number of nitrogens with two attached hydrogens (primary N) is 2. The molecule has 0 aromatic heterocycles. The van der Waals surface area contributed by atoms with Gasteiger partial charge in [0.05, 0.1) is 4.90 Å². The molecular weight excluding hydrogens is 314 g/mol. The van der Waals surface area contributed by atoms with Crippen LogP contribution < -0.4 is 11.5 Å². The molecule has 4 N–H and O–H groups in total. The first-order valence-corrected chi connectivity index (χ1v) is 8.24. The Bertz CT molecular complexity index is 957. The monoisotopic (exact) mass is 327 g/mol. The highest BCUT2D eigenvalue weighted by atomic mass is 32.2. The minimum Gasteiger partial charge on any atom is -0.370 e. The number of carbonyl (C=O) groups excluding carboxylic acids is 1. The van der Waals surface area contributed by atoms with E-state index in [-0.39, 0.29) is 16.4 Å². The summed E-state index contributed by atoms with van der Waals surface area (Å²) in [5.41, 5.74) is 12.4. The number of nitrogens with zero attached hydrogens (tertiary/aromatic N) is 1. The molecule has 1 heterocycles. The molecule has 0 saturated carbocycles. The van der Waals surface area contributed by atoms with Crippen molar-refractivity contribution in [2.45, 2.75) is 4.90 Å². The van der Waals surface area contributed by atoms with E-state index in [1.165, 1.54) is 17.5 Å². The number of carbonyl (C=O) groups is 1. The number of aliphatic imine (C=N–C) groups is 1. The molecule has 0 spiro atoms. The Morgan fingerprint density at radius 2 is 1.70 bits per heavy atom. The SMILES string of the molecule is NC(N)=NC(=O)c1ccc2c(c1)S(=O)(=O)C=C2c1ccccc1. The summed E-state index contributed by atoms with van der Waals surface area (Å²) >= 11 is 0. The van der Waals surface area contributed by atoms with Crippen molar-refractivity contribution in [2.75, 3.05) is 0 Å².